The molecule has 0 spiro atoms. The van der Waals surface area contributed by atoms with Crippen LogP contribution in [0.1, 0.15) is 57.1 Å². The molecular weight excluding hydrogens is 485 g/mol. The lowest BCUT2D eigenvalue weighted by Gasteiger charge is -2.30. The second kappa shape index (κ2) is 9.77. The van der Waals surface area contributed by atoms with E-state index in [-0.39, 0.29) is 17.5 Å². The number of aliphatic hydroxyl groups is 1. The Morgan fingerprint density at radius 1 is 1.27 bits per heavy atom. The number of alkyl halides is 2. The van der Waals surface area contributed by atoms with Crippen LogP contribution in [0.2, 0.25) is 0 Å². The summed E-state index contributed by atoms with van der Waals surface area (Å²) in [6.07, 6.45) is 2.51. The van der Waals surface area contributed by atoms with Gasteiger partial charge >= 0.3 is 5.92 Å². The third-order valence-electron chi connectivity index (χ3n) is 6.56. The van der Waals surface area contributed by atoms with Crippen LogP contribution in [0.5, 0.6) is 0 Å². The number of benzene rings is 1. The Morgan fingerprint density at radius 2 is 2.00 bits per heavy atom. The molecule has 8 nitrogen and oxygen atoms in total. The molecule has 0 unspecified atom stereocenters. The highest BCUT2D eigenvalue weighted by Gasteiger charge is 2.49. The molecule has 3 aromatic rings. The molecule has 11 heteroatoms. The molecular formula is C26H31F3N6O2. The van der Waals surface area contributed by atoms with E-state index in [0.29, 0.717) is 29.2 Å². The number of nitrogens with one attached hydrogen (secondary N) is 2. The lowest BCUT2D eigenvalue weighted by molar-refractivity contribution is -0.170. The SMILES string of the molecule is CC(=O)N[C@@H]1CCN(c2cnc3nc(C)nc(N[C@H](C)c4cccc(C(F)(F)C(C)(C)O)c4F)c3c2)C1. The maximum absolute atomic E-state index is 15.3. The summed E-state index contributed by atoms with van der Waals surface area (Å²) in [7, 11) is 0. The number of anilines is 2. The van der Waals surface area contributed by atoms with Crippen LogP contribution in [0.25, 0.3) is 11.0 Å². The Bertz CT molecular complexity index is 1330. The molecule has 0 saturated carbocycles. The van der Waals surface area contributed by atoms with E-state index in [1.165, 1.54) is 19.1 Å². The number of carbonyl (C=O) groups is 1. The Balaban J connectivity index is 1.66. The van der Waals surface area contributed by atoms with E-state index >= 15 is 4.39 Å². The third-order valence-corrected chi connectivity index (χ3v) is 6.56. The van der Waals surface area contributed by atoms with E-state index in [4.69, 9.17) is 0 Å². The van der Waals surface area contributed by atoms with Crippen molar-refractivity contribution in [2.24, 2.45) is 0 Å². The van der Waals surface area contributed by atoms with Gasteiger partial charge in [-0.25, -0.2) is 19.3 Å². The molecule has 1 saturated heterocycles. The summed E-state index contributed by atoms with van der Waals surface area (Å²) in [5.74, 6) is -4.14. The van der Waals surface area contributed by atoms with Crippen LogP contribution >= 0.6 is 0 Å². The molecule has 1 fully saturated rings. The van der Waals surface area contributed by atoms with Gasteiger partial charge in [0.05, 0.1) is 28.9 Å². The van der Waals surface area contributed by atoms with Crippen molar-refractivity contribution in [3.8, 4) is 0 Å². The first kappa shape index (κ1) is 26.6. The third kappa shape index (κ3) is 5.31. The number of aryl methyl sites for hydroxylation is 1. The first-order chi connectivity index (χ1) is 17.3. The van der Waals surface area contributed by atoms with Crippen LogP contribution in [-0.4, -0.2) is 50.7 Å². The summed E-state index contributed by atoms with van der Waals surface area (Å²) in [5, 5.41) is 16.6. The van der Waals surface area contributed by atoms with Crippen molar-refractivity contribution in [1.82, 2.24) is 20.3 Å². The van der Waals surface area contributed by atoms with Crippen molar-refractivity contribution >= 4 is 28.4 Å². The fraction of sp³-hybridized carbons (Fsp3) is 0.462. The van der Waals surface area contributed by atoms with E-state index in [0.717, 1.165) is 38.6 Å². The lowest BCUT2D eigenvalue weighted by Crippen LogP contribution is -2.41. The standard InChI is InChI=1S/C26H31F3N6O2/c1-14(19-7-6-8-21(22(19)27)26(28,29)25(4,5)37)31-24-20-11-18(12-30-23(20)32-15(2)33-24)35-10-9-17(13-35)34-16(3)36/h6-8,11-12,14,17,37H,9-10,13H2,1-5H3,(H,34,36)(H,30,31,32,33)/t14-,17-/m1/s1. The Kier molecular flexibility index (Phi) is 7.02. The second-order valence-corrected chi connectivity index (χ2v) is 10.0. The largest absolute Gasteiger partial charge is 0.384 e. The van der Waals surface area contributed by atoms with Gasteiger partial charge in [0.15, 0.2) is 5.65 Å². The number of amides is 1. The molecule has 1 amide bonds. The normalized spacial score (nSPS) is 17.2. The summed E-state index contributed by atoms with van der Waals surface area (Å²) in [4.78, 5) is 26.9. The smallest absolute Gasteiger partial charge is 0.303 e. The Hall–Kier alpha value is -3.47. The number of carbonyl (C=O) groups excluding carboxylic acids is 1. The van der Waals surface area contributed by atoms with Crippen molar-refractivity contribution in [3.63, 3.8) is 0 Å². The molecule has 3 heterocycles. The van der Waals surface area contributed by atoms with Crippen LogP contribution < -0.4 is 15.5 Å². The molecule has 1 aromatic carbocycles. The minimum atomic E-state index is -3.80. The number of halogens is 3. The summed E-state index contributed by atoms with van der Waals surface area (Å²) in [6, 6.07) is 4.92. The predicted octanol–water partition coefficient (Wildman–Crippen LogP) is 4.22. The van der Waals surface area contributed by atoms with Gasteiger partial charge in [-0.3, -0.25) is 4.79 Å². The van der Waals surface area contributed by atoms with E-state index in [1.807, 2.05) is 6.07 Å². The quantitative estimate of drug-likeness (QED) is 0.432. The molecule has 3 N–H and O–H groups in total. The average Bonchev–Trinajstić information content (AvgIpc) is 3.25. The van der Waals surface area contributed by atoms with Gasteiger partial charge in [-0.1, -0.05) is 12.1 Å². The summed E-state index contributed by atoms with van der Waals surface area (Å²) in [6.45, 7) is 8.09. The zero-order chi connectivity index (χ0) is 27.1. The molecule has 198 valence electrons. The minimum Gasteiger partial charge on any atom is -0.384 e. The number of fused-ring (bicyclic) bond motifs is 1. The van der Waals surface area contributed by atoms with Gasteiger partial charge < -0.3 is 20.6 Å². The maximum Gasteiger partial charge on any atom is 0.303 e. The summed E-state index contributed by atoms with van der Waals surface area (Å²) in [5.41, 5.74) is -2.05. The van der Waals surface area contributed by atoms with Crippen LogP contribution in [0.15, 0.2) is 30.5 Å². The fourth-order valence-corrected chi connectivity index (χ4v) is 4.53. The van der Waals surface area contributed by atoms with Gasteiger partial charge in [0.2, 0.25) is 5.91 Å². The van der Waals surface area contributed by atoms with Crippen molar-refractivity contribution in [2.75, 3.05) is 23.3 Å². The highest BCUT2D eigenvalue weighted by atomic mass is 19.3. The molecule has 0 bridgehead atoms. The Morgan fingerprint density at radius 3 is 2.68 bits per heavy atom. The minimum absolute atomic E-state index is 0.00708. The number of hydrogen-bond acceptors (Lipinski definition) is 7. The summed E-state index contributed by atoms with van der Waals surface area (Å²) >= 11 is 0. The van der Waals surface area contributed by atoms with Crippen molar-refractivity contribution in [1.29, 1.82) is 0 Å². The van der Waals surface area contributed by atoms with Gasteiger partial charge in [-0.15, -0.1) is 0 Å². The first-order valence-electron chi connectivity index (χ1n) is 12.1. The molecule has 1 aliphatic heterocycles. The highest BCUT2D eigenvalue weighted by Crippen LogP contribution is 2.41. The van der Waals surface area contributed by atoms with Crippen molar-refractivity contribution in [3.05, 3.63) is 53.2 Å². The molecule has 2 aromatic heterocycles. The number of rotatable bonds is 7. The van der Waals surface area contributed by atoms with E-state index < -0.39 is 28.9 Å². The molecule has 37 heavy (non-hydrogen) atoms. The van der Waals surface area contributed by atoms with Gasteiger partial charge in [0.25, 0.3) is 0 Å². The topological polar surface area (TPSA) is 103 Å². The monoisotopic (exact) mass is 516 g/mol. The van der Waals surface area contributed by atoms with Gasteiger partial charge in [-0.2, -0.15) is 8.78 Å². The van der Waals surface area contributed by atoms with Crippen molar-refractivity contribution < 1.29 is 23.1 Å². The molecule has 2 atom stereocenters. The average molecular weight is 517 g/mol. The van der Waals surface area contributed by atoms with E-state index in [9.17, 15) is 18.7 Å². The zero-order valence-electron chi connectivity index (χ0n) is 21.4. The van der Waals surface area contributed by atoms with Crippen LogP contribution in [0.4, 0.5) is 24.7 Å². The zero-order valence-corrected chi connectivity index (χ0v) is 21.4. The number of hydrogen-bond donors (Lipinski definition) is 3. The predicted molar refractivity (Wildman–Crippen MR) is 135 cm³/mol. The van der Waals surface area contributed by atoms with Crippen molar-refractivity contribution in [2.45, 2.75) is 64.6 Å². The lowest BCUT2D eigenvalue weighted by atomic mass is 9.91. The molecule has 1 aliphatic rings. The highest BCUT2D eigenvalue weighted by molar-refractivity contribution is 5.89. The first-order valence-corrected chi connectivity index (χ1v) is 12.1. The van der Waals surface area contributed by atoms with Crippen LogP contribution in [-0.2, 0) is 10.7 Å². The Labute approximate surface area is 213 Å². The summed E-state index contributed by atoms with van der Waals surface area (Å²) < 4.78 is 44.9. The number of pyridine rings is 1. The van der Waals surface area contributed by atoms with E-state index in [1.54, 1.807) is 20.0 Å². The molecule has 0 aliphatic carbocycles. The van der Waals surface area contributed by atoms with Gasteiger partial charge in [0.1, 0.15) is 23.1 Å². The number of aromatic nitrogens is 3. The maximum atomic E-state index is 15.3. The molecule has 0 radical (unpaired) electrons. The molecule has 4 rings (SSSR count). The fourth-order valence-electron chi connectivity index (χ4n) is 4.53. The van der Waals surface area contributed by atoms with E-state index in [2.05, 4.69) is 30.5 Å². The van der Waals surface area contributed by atoms with Gasteiger partial charge in [-0.05, 0) is 46.2 Å². The van der Waals surface area contributed by atoms with Crippen LogP contribution in [0.3, 0.4) is 0 Å². The number of nitrogens with zero attached hydrogens (tertiary/aromatic N) is 4. The van der Waals surface area contributed by atoms with Gasteiger partial charge in [0, 0.05) is 31.6 Å². The van der Waals surface area contributed by atoms with Crippen LogP contribution in [0, 0.1) is 12.7 Å². The second-order valence-electron chi connectivity index (χ2n) is 10.0.